The first-order valence-corrected chi connectivity index (χ1v) is 6.78. The molecule has 0 saturated carbocycles. The van der Waals surface area contributed by atoms with Crippen molar-refractivity contribution in [3.8, 4) is 5.88 Å². The highest BCUT2D eigenvalue weighted by molar-refractivity contribution is 5.80. The fourth-order valence-electron chi connectivity index (χ4n) is 1.45. The van der Waals surface area contributed by atoms with Crippen LogP contribution in [0.4, 0.5) is 4.79 Å². The molecule has 1 aromatic rings. The van der Waals surface area contributed by atoms with Crippen molar-refractivity contribution in [1.29, 1.82) is 0 Å². The summed E-state index contributed by atoms with van der Waals surface area (Å²) in [5.41, 5.74) is -0.522. The van der Waals surface area contributed by atoms with Gasteiger partial charge in [0.1, 0.15) is 12.2 Å². The van der Waals surface area contributed by atoms with Gasteiger partial charge in [-0.25, -0.2) is 14.7 Å². The fourth-order valence-corrected chi connectivity index (χ4v) is 1.45. The van der Waals surface area contributed by atoms with Crippen molar-refractivity contribution >= 4 is 18.1 Å². The number of alkyl carbamates (subject to hydrolysis) is 1. The zero-order chi connectivity index (χ0) is 18.3. The molecule has 0 bridgehead atoms. The first-order chi connectivity index (χ1) is 11.1. The van der Waals surface area contributed by atoms with Crippen LogP contribution in [0.2, 0.25) is 0 Å². The standard InChI is InChI=1S/C13H18N4O7/c1-13(2,3)24-12(20)15-9(11(18)19)7-23-10-8(6-14-16-10)4-5-17(21)22/h4-6,9H,7H2,1-3H3,(H,14,16)(H,15,20)(H,18,19)/b5-4+/t9-/m0/s1. The minimum atomic E-state index is -1.38. The Kier molecular flexibility index (Phi) is 6.27. The second kappa shape index (κ2) is 7.94. The molecule has 11 heteroatoms. The molecule has 0 aliphatic heterocycles. The number of nitro groups is 1. The van der Waals surface area contributed by atoms with E-state index in [1.54, 1.807) is 20.8 Å². The number of aromatic amines is 1. The number of aliphatic carboxylic acids is 1. The van der Waals surface area contributed by atoms with Gasteiger partial charge in [-0.3, -0.25) is 10.1 Å². The molecule has 1 amide bonds. The number of carbonyl (C=O) groups is 2. The zero-order valence-corrected chi connectivity index (χ0v) is 13.3. The molecule has 0 spiro atoms. The molecule has 3 N–H and O–H groups in total. The van der Waals surface area contributed by atoms with Crippen LogP contribution in [0.15, 0.2) is 12.4 Å². The highest BCUT2D eigenvalue weighted by Crippen LogP contribution is 2.16. The van der Waals surface area contributed by atoms with Gasteiger partial charge in [-0.1, -0.05) is 0 Å². The van der Waals surface area contributed by atoms with Gasteiger partial charge in [-0.05, 0) is 20.8 Å². The summed E-state index contributed by atoms with van der Waals surface area (Å²) in [6.45, 7) is 4.47. The van der Waals surface area contributed by atoms with Gasteiger partial charge in [0.15, 0.2) is 6.04 Å². The van der Waals surface area contributed by atoms with E-state index >= 15 is 0 Å². The molecule has 1 atom stereocenters. The molecule has 0 aromatic carbocycles. The molecular weight excluding hydrogens is 324 g/mol. The molecule has 0 aliphatic rings. The van der Waals surface area contributed by atoms with Crippen molar-refractivity contribution < 1.29 is 29.1 Å². The summed E-state index contributed by atoms with van der Waals surface area (Å²) in [5, 5.41) is 27.7. The number of carbonyl (C=O) groups excluding carboxylic acids is 1. The second-order valence-corrected chi connectivity index (χ2v) is 5.60. The topological polar surface area (TPSA) is 157 Å². The average molecular weight is 342 g/mol. The molecule has 0 unspecified atom stereocenters. The van der Waals surface area contributed by atoms with E-state index in [2.05, 4.69) is 15.5 Å². The van der Waals surface area contributed by atoms with Crippen LogP contribution in [0, 0.1) is 10.1 Å². The number of carboxylic acids is 1. The molecule has 1 aromatic heterocycles. The lowest BCUT2D eigenvalue weighted by molar-refractivity contribution is -0.400. The number of hydrogen-bond acceptors (Lipinski definition) is 7. The number of ether oxygens (including phenoxy) is 2. The lowest BCUT2D eigenvalue weighted by atomic mass is 10.2. The molecule has 1 rings (SSSR count). The monoisotopic (exact) mass is 342 g/mol. The van der Waals surface area contributed by atoms with Crippen molar-refractivity contribution in [2.24, 2.45) is 0 Å². The van der Waals surface area contributed by atoms with E-state index in [0.29, 0.717) is 6.20 Å². The molecule has 0 saturated heterocycles. The molecule has 0 fully saturated rings. The van der Waals surface area contributed by atoms with E-state index in [1.807, 2.05) is 0 Å². The van der Waals surface area contributed by atoms with Gasteiger partial charge in [0.25, 0.3) is 0 Å². The third kappa shape index (κ3) is 6.77. The summed E-state index contributed by atoms with van der Waals surface area (Å²) < 4.78 is 10.2. The Hall–Kier alpha value is -3.11. The summed E-state index contributed by atoms with van der Waals surface area (Å²) >= 11 is 0. The van der Waals surface area contributed by atoms with Crippen molar-refractivity contribution in [3.05, 3.63) is 28.1 Å². The van der Waals surface area contributed by atoms with E-state index in [1.165, 1.54) is 6.20 Å². The minimum Gasteiger partial charge on any atom is -0.480 e. The Balaban J connectivity index is 2.68. The molecular formula is C13H18N4O7. The Morgan fingerprint density at radius 2 is 2.21 bits per heavy atom. The van der Waals surface area contributed by atoms with E-state index < -0.39 is 35.2 Å². The number of carboxylic acid groups (broad SMARTS) is 1. The van der Waals surface area contributed by atoms with Crippen LogP contribution < -0.4 is 10.1 Å². The Morgan fingerprint density at radius 3 is 2.75 bits per heavy atom. The Labute approximate surface area is 136 Å². The van der Waals surface area contributed by atoms with Crippen molar-refractivity contribution in [3.63, 3.8) is 0 Å². The summed E-state index contributed by atoms with van der Waals surface area (Å²) in [4.78, 5) is 32.4. The normalized spacial score (nSPS) is 12.6. The first-order valence-electron chi connectivity index (χ1n) is 6.78. The number of nitrogens with one attached hydrogen (secondary N) is 2. The van der Waals surface area contributed by atoms with Gasteiger partial charge in [0.2, 0.25) is 12.1 Å². The smallest absolute Gasteiger partial charge is 0.408 e. The van der Waals surface area contributed by atoms with Gasteiger partial charge in [-0.15, -0.1) is 0 Å². The fraction of sp³-hybridized carbons (Fsp3) is 0.462. The summed E-state index contributed by atoms with van der Waals surface area (Å²) in [7, 11) is 0. The number of rotatable bonds is 7. The minimum absolute atomic E-state index is 0.0327. The number of nitrogens with zero attached hydrogens (tertiary/aromatic N) is 2. The maximum absolute atomic E-state index is 11.6. The highest BCUT2D eigenvalue weighted by atomic mass is 16.6. The van der Waals surface area contributed by atoms with Crippen LogP contribution >= 0.6 is 0 Å². The van der Waals surface area contributed by atoms with E-state index in [0.717, 1.165) is 6.08 Å². The zero-order valence-electron chi connectivity index (χ0n) is 13.3. The predicted molar refractivity (Wildman–Crippen MR) is 80.9 cm³/mol. The van der Waals surface area contributed by atoms with Crippen LogP contribution in [0.5, 0.6) is 5.88 Å². The van der Waals surface area contributed by atoms with Gasteiger partial charge >= 0.3 is 12.1 Å². The molecule has 24 heavy (non-hydrogen) atoms. The Morgan fingerprint density at radius 1 is 1.54 bits per heavy atom. The third-order valence-electron chi connectivity index (χ3n) is 2.39. The maximum atomic E-state index is 11.6. The van der Waals surface area contributed by atoms with Crippen molar-refractivity contribution in [2.45, 2.75) is 32.4 Å². The molecule has 0 radical (unpaired) electrons. The third-order valence-corrected chi connectivity index (χ3v) is 2.39. The van der Waals surface area contributed by atoms with E-state index in [4.69, 9.17) is 14.6 Å². The Bertz CT molecular complexity index is 633. The summed E-state index contributed by atoms with van der Waals surface area (Å²) in [6, 6.07) is -1.38. The second-order valence-electron chi connectivity index (χ2n) is 5.60. The van der Waals surface area contributed by atoms with Crippen molar-refractivity contribution in [1.82, 2.24) is 15.5 Å². The van der Waals surface area contributed by atoms with Gasteiger partial charge in [0.05, 0.1) is 16.7 Å². The summed E-state index contributed by atoms with van der Waals surface area (Å²) in [6.07, 6.45) is 2.18. The SMILES string of the molecule is CC(C)(C)OC(=O)N[C@@H](COc1[nH]ncc1/C=C/[N+](=O)[O-])C(=O)O. The number of hydrogen-bond donors (Lipinski definition) is 3. The quantitative estimate of drug-likeness (QED) is 0.489. The van der Waals surface area contributed by atoms with Gasteiger partial charge in [-0.2, -0.15) is 5.10 Å². The lowest BCUT2D eigenvalue weighted by Crippen LogP contribution is -2.46. The van der Waals surface area contributed by atoms with Gasteiger partial charge < -0.3 is 19.9 Å². The summed E-state index contributed by atoms with van der Waals surface area (Å²) in [5.74, 6) is -1.30. The molecule has 0 aliphatic carbocycles. The van der Waals surface area contributed by atoms with Crippen LogP contribution in [-0.4, -0.2) is 50.5 Å². The molecule has 1 heterocycles. The van der Waals surface area contributed by atoms with E-state index in [9.17, 15) is 19.7 Å². The highest BCUT2D eigenvalue weighted by Gasteiger charge is 2.25. The van der Waals surface area contributed by atoms with E-state index in [-0.39, 0.29) is 11.4 Å². The molecule has 132 valence electrons. The van der Waals surface area contributed by atoms with Crippen LogP contribution in [0.25, 0.3) is 6.08 Å². The van der Waals surface area contributed by atoms with Crippen molar-refractivity contribution in [2.75, 3.05) is 6.61 Å². The average Bonchev–Trinajstić information content (AvgIpc) is 2.86. The van der Waals surface area contributed by atoms with Crippen LogP contribution in [0.3, 0.4) is 0 Å². The van der Waals surface area contributed by atoms with Crippen LogP contribution in [0.1, 0.15) is 26.3 Å². The van der Waals surface area contributed by atoms with Crippen LogP contribution in [-0.2, 0) is 9.53 Å². The first kappa shape index (κ1) is 18.9. The number of aromatic nitrogens is 2. The lowest BCUT2D eigenvalue weighted by Gasteiger charge is -2.22. The molecule has 11 nitrogen and oxygen atoms in total. The number of H-pyrrole nitrogens is 1. The van der Waals surface area contributed by atoms with Gasteiger partial charge in [0, 0.05) is 6.08 Å². The predicted octanol–water partition coefficient (Wildman–Crippen LogP) is 1.01. The number of amides is 1. The maximum Gasteiger partial charge on any atom is 0.408 e. The largest absolute Gasteiger partial charge is 0.480 e.